The van der Waals surface area contributed by atoms with E-state index in [0.29, 0.717) is 0 Å². The molecule has 0 unspecified atom stereocenters. The minimum Gasteiger partial charge on any atom is -0.457 e. The summed E-state index contributed by atoms with van der Waals surface area (Å²) in [5.41, 5.74) is 2.33. The van der Waals surface area contributed by atoms with Crippen LogP contribution < -0.4 is 10.1 Å². The monoisotopic (exact) mass is 275 g/mol. The van der Waals surface area contributed by atoms with Crippen molar-refractivity contribution >= 4 is 11.6 Å². The summed E-state index contributed by atoms with van der Waals surface area (Å²) in [5, 5.41) is 3.80. The number of hydrogen-bond acceptors (Lipinski definition) is 2. The molecule has 1 N–H and O–H groups in total. The second-order valence-corrected chi connectivity index (χ2v) is 4.79. The van der Waals surface area contributed by atoms with Crippen molar-refractivity contribution in [3.05, 3.63) is 58.6 Å². The highest BCUT2D eigenvalue weighted by Crippen LogP contribution is 2.27. The van der Waals surface area contributed by atoms with Gasteiger partial charge in [-0.2, -0.15) is 0 Å². The lowest BCUT2D eigenvalue weighted by atomic mass is 10.1. The fraction of sp³-hybridized carbons (Fsp3) is 0.250. The van der Waals surface area contributed by atoms with Gasteiger partial charge in [-0.05, 0) is 48.9 Å². The highest BCUT2D eigenvalue weighted by atomic mass is 35.5. The summed E-state index contributed by atoms with van der Waals surface area (Å²) in [7, 11) is 1.90. The van der Waals surface area contributed by atoms with Crippen molar-refractivity contribution in [3.63, 3.8) is 0 Å². The summed E-state index contributed by atoms with van der Waals surface area (Å²) < 4.78 is 5.83. The van der Waals surface area contributed by atoms with E-state index in [1.807, 2.05) is 37.4 Å². The molecule has 0 saturated heterocycles. The predicted molar refractivity (Wildman–Crippen MR) is 80.1 cm³/mol. The highest BCUT2D eigenvalue weighted by Gasteiger charge is 2.03. The van der Waals surface area contributed by atoms with E-state index in [-0.39, 0.29) is 0 Å². The Morgan fingerprint density at radius 2 is 1.89 bits per heavy atom. The Balaban J connectivity index is 2.16. The van der Waals surface area contributed by atoms with Crippen LogP contribution in [0.1, 0.15) is 18.1 Å². The first kappa shape index (κ1) is 13.9. The molecule has 0 aliphatic heterocycles. The van der Waals surface area contributed by atoms with Crippen LogP contribution in [0.25, 0.3) is 0 Å². The van der Waals surface area contributed by atoms with Gasteiger partial charge in [-0.1, -0.05) is 36.7 Å². The first-order valence-electron chi connectivity index (χ1n) is 6.42. The van der Waals surface area contributed by atoms with E-state index in [1.165, 1.54) is 5.56 Å². The lowest BCUT2D eigenvalue weighted by Gasteiger charge is -2.09. The van der Waals surface area contributed by atoms with Crippen LogP contribution in [0.15, 0.2) is 42.5 Å². The minimum atomic E-state index is 0.721. The summed E-state index contributed by atoms with van der Waals surface area (Å²) in [5.74, 6) is 1.61. The van der Waals surface area contributed by atoms with E-state index in [2.05, 4.69) is 24.4 Å². The van der Waals surface area contributed by atoms with Crippen molar-refractivity contribution in [1.29, 1.82) is 0 Å². The Labute approximate surface area is 119 Å². The molecule has 0 aliphatic carbocycles. The Morgan fingerprint density at radius 3 is 2.58 bits per heavy atom. The highest BCUT2D eigenvalue weighted by molar-refractivity contribution is 6.31. The summed E-state index contributed by atoms with van der Waals surface area (Å²) in [6.07, 6.45) is 0.999. The quantitative estimate of drug-likeness (QED) is 0.872. The lowest BCUT2D eigenvalue weighted by molar-refractivity contribution is 0.482. The molecule has 0 spiro atoms. The zero-order valence-electron chi connectivity index (χ0n) is 11.2. The maximum absolute atomic E-state index is 6.21. The zero-order valence-corrected chi connectivity index (χ0v) is 12.0. The van der Waals surface area contributed by atoms with Gasteiger partial charge in [0.25, 0.3) is 0 Å². The Hall–Kier alpha value is -1.51. The van der Waals surface area contributed by atoms with Gasteiger partial charge in [0.15, 0.2) is 0 Å². The van der Waals surface area contributed by atoms with Crippen LogP contribution >= 0.6 is 11.6 Å². The summed E-state index contributed by atoms with van der Waals surface area (Å²) in [6, 6.07) is 13.9. The predicted octanol–water partition coefficient (Wildman–Crippen LogP) is 4.41. The second-order valence-electron chi connectivity index (χ2n) is 4.39. The first-order valence-corrected chi connectivity index (χ1v) is 6.80. The molecule has 100 valence electrons. The van der Waals surface area contributed by atoms with Gasteiger partial charge >= 0.3 is 0 Å². The molecule has 0 aromatic heterocycles. The van der Waals surface area contributed by atoms with Crippen molar-refractivity contribution < 1.29 is 4.74 Å². The van der Waals surface area contributed by atoms with Gasteiger partial charge in [0.05, 0.1) is 0 Å². The van der Waals surface area contributed by atoms with Crippen LogP contribution in [-0.2, 0) is 13.0 Å². The second kappa shape index (κ2) is 6.60. The van der Waals surface area contributed by atoms with Crippen LogP contribution in [0.3, 0.4) is 0 Å². The SMILES string of the molecule is CCc1cccc(Oc2ccc(CNC)c(Cl)c2)c1. The van der Waals surface area contributed by atoms with Gasteiger partial charge in [0.1, 0.15) is 11.5 Å². The van der Waals surface area contributed by atoms with Gasteiger partial charge in [-0.3, -0.25) is 0 Å². The molecule has 0 aliphatic rings. The third kappa shape index (κ3) is 3.72. The van der Waals surface area contributed by atoms with Crippen molar-refractivity contribution in [2.75, 3.05) is 7.05 Å². The molecule has 2 nitrogen and oxygen atoms in total. The Morgan fingerprint density at radius 1 is 1.11 bits per heavy atom. The largest absolute Gasteiger partial charge is 0.457 e. The Bertz CT molecular complexity index is 554. The zero-order chi connectivity index (χ0) is 13.7. The van der Waals surface area contributed by atoms with E-state index in [4.69, 9.17) is 16.3 Å². The van der Waals surface area contributed by atoms with Gasteiger partial charge in [0.2, 0.25) is 0 Å². The van der Waals surface area contributed by atoms with Crippen LogP contribution in [0.2, 0.25) is 5.02 Å². The van der Waals surface area contributed by atoms with Gasteiger partial charge in [-0.15, -0.1) is 0 Å². The number of benzene rings is 2. The van der Waals surface area contributed by atoms with Gasteiger partial charge in [-0.25, -0.2) is 0 Å². The Kier molecular flexibility index (Phi) is 4.83. The average Bonchev–Trinajstić information content (AvgIpc) is 2.42. The fourth-order valence-corrected chi connectivity index (χ4v) is 2.13. The number of hydrogen-bond donors (Lipinski definition) is 1. The molecule has 0 heterocycles. The average molecular weight is 276 g/mol. The molecule has 19 heavy (non-hydrogen) atoms. The number of rotatable bonds is 5. The number of nitrogens with one attached hydrogen (secondary N) is 1. The maximum atomic E-state index is 6.21. The summed E-state index contributed by atoms with van der Waals surface area (Å²) >= 11 is 6.21. The summed E-state index contributed by atoms with van der Waals surface area (Å²) in [6.45, 7) is 2.88. The first-order chi connectivity index (χ1) is 9.22. The molecule has 2 aromatic rings. The third-order valence-electron chi connectivity index (χ3n) is 2.93. The fourth-order valence-electron chi connectivity index (χ4n) is 1.89. The molecule has 0 amide bonds. The van der Waals surface area contributed by atoms with E-state index in [0.717, 1.165) is 35.1 Å². The molecule has 0 radical (unpaired) electrons. The molecule has 2 aromatic carbocycles. The molecule has 3 heteroatoms. The van der Waals surface area contributed by atoms with E-state index in [9.17, 15) is 0 Å². The number of aryl methyl sites for hydroxylation is 1. The minimum absolute atomic E-state index is 0.721. The van der Waals surface area contributed by atoms with Crippen LogP contribution in [-0.4, -0.2) is 7.05 Å². The molecule has 0 fully saturated rings. The normalized spacial score (nSPS) is 10.5. The summed E-state index contributed by atoms with van der Waals surface area (Å²) in [4.78, 5) is 0. The van der Waals surface area contributed by atoms with Crippen molar-refractivity contribution in [2.24, 2.45) is 0 Å². The third-order valence-corrected chi connectivity index (χ3v) is 3.29. The molecule has 2 rings (SSSR count). The molecular weight excluding hydrogens is 258 g/mol. The van der Waals surface area contributed by atoms with Crippen molar-refractivity contribution in [2.45, 2.75) is 19.9 Å². The van der Waals surface area contributed by atoms with Gasteiger partial charge in [0, 0.05) is 11.6 Å². The van der Waals surface area contributed by atoms with Gasteiger partial charge < -0.3 is 10.1 Å². The van der Waals surface area contributed by atoms with E-state index in [1.54, 1.807) is 0 Å². The van der Waals surface area contributed by atoms with E-state index < -0.39 is 0 Å². The molecule has 0 atom stereocenters. The van der Waals surface area contributed by atoms with E-state index >= 15 is 0 Å². The van der Waals surface area contributed by atoms with Crippen molar-refractivity contribution in [1.82, 2.24) is 5.32 Å². The van der Waals surface area contributed by atoms with Crippen LogP contribution in [0.4, 0.5) is 0 Å². The molecule has 0 saturated carbocycles. The molecule has 0 bridgehead atoms. The lowest BCUT2D eigenvalue weighted by Crippen LogP contribution is -2.05. The topological polar surface area (TPSA) is 21.3 Å². The van der Waals surface area contributed by atoms with Crippen LogP contribution in [0.5, 0.6) is 11.5 Å². The smallest absolute Gasteiger partial charge is 0.128 e. The molecular formula is C16H18ClNO. The maximum Gasteiger partial charge on any atom is 0.128 e. The standard InChI is InChI=1S/C16H18ClNO/c1-3-12-5-4-6-14(9-12)19-15-8-7-13(11-18-2)16(17)10-15/h4-10,18H,3,11H2,1-2H3. The van der Waals surface area contributed by atoms with Crippen LogP contribution in [0, 0.1) is 0 Å². The number of halogens is 1. The number of ether oxygens (including phenoxy) is 1. The van der Waals surface area contributed by atoms with Crippen molar-refractivity contribution in [3.8, 4) is 11.5 Å².